The van der Waals surface area contributed by atoms with Crippen molar-refractivity contribution in [1.82, 2.24) is 30.5 Å². The SMILES string of the molecule is CCC1CC2CN(Cc3c([nH]c4ccccc34)C2c2cc3c(cc2OC)N(C=O)C2C(C(=O)NNC)CC4(CC)C=CCN5CC[C@]32C54)C1.O=CCCN1C(=O)C=CC1=O. The Labute approximate surface area is 351 Å². The average Bonchev–Trinajstić information content (AvgIpc) is 3.99. The van der Waals surface area contributed by atoms with Gasteiger partial charge in [-0.3, -0.25) is 39.3 Å². The molecule has 1 aliphatic carbocycles. The van der Waals surface area contributed by atoms with E-state index in [2.05, 4.69) is 88.0 Å². The zero-order valence-electron chi connectivity index (χ0n) is 35.1. The van der Waals surface area contributed by atoms with Gasteiger partial charge in [0.25, 0.3) is 11.8 Å². The molecule has 1 saturated carbocycles. The van der Waals surface area contributed by atoms with Gasteiger partial charge in [-0.05, 0) is 67.3 Å². The lowest BCUT2D eigenvalue weighted by atomic mass is 9.50. The van der Waals surface area contributed by atoms with E-state index < -0.39 is 0 Å². The molecule has 0 radical (unpaired) electrons. The fourth-order valence-electron chi connectivity index (χ4n) is 12.9. The number of H-pyrrole nitrogens is 1. The van der Waals surface area contributed by atoms with Crippen LogP contribution in [0.5, 0.6) is 5.75 Å². The van der Waals surface area contributed by atoms with Crippen LogP contribution in [0.25, 0.3) is 10.9 Å². The molecule has 1 spiro atoms. The van der Waals surface area contributed by atoms with Gasteiger partial charge in [0, 0.05) is 109 Å². The van der Waals surface area contributed by atoms with Crippen LogP contribution in [-0.4, -0.2) is 109 Å². The van der Waals surface area contributed by atoms with Gasteiger partial charge < -0.3 is 19.4 Å². The number of aromatic nitrogens is 1. The predicted octanol–water partition coefficient (Wildman–Crippen LogP) is 4.56. The fraction of sp³-hybridized carbons (Fsp3) is 0.511. The van der Waals surface area contributed by atoms with E-state index in [1.54, 1.807) is 14.2 Å². The number of benzene rings is 2. The summed E-state index contributed by atoms with van der Waals surface area (Å²) in [5, 5.41) is 1.31. The van der Waals surface area contributed by atoms with E-state index in [0.29, 0.717) is 24.5 Å². The summed E-state index contributed by atoms with van der Waals surface area (Å²) in [6.07, 6.45) is 13.9. The number of anilines is 1. The zero-order valence-corrected chi connectivity index (χ0v) is 35.1. The number of fused-ring (bicyclic) bond motifs is 6. The van der Waals surface area contributed by atoms with Crippen LogP contribution in [0.4, 0.5) is 5.69 Å². The number of imide groups is 1. The Morgan fingerprint density at radius 3 is 2.60 bits per heavy atom. The molecule has 9 atom stereocenters. The lowest BCUT2D eigenvalue weighted by Gasteiger charge is -2.58. The van der Waals surface area contributed by atoms with Crippen molar-refractivity contribution in [2.75, 3.05) is 51.8 Å². The number of nitrogens with one attached hydrogen (secondary N) is 3. The minimum Gasteiger partial charge on any atom is -0.496 e. The molecule has 2 bridgehead atoms. The number of carbonyl (C=O) groups is 5. The van der Waals surface area contributed by atoms with E-state index >= 15 is 0 Å². The van der Waals surface area contributed by atoms with Crippen LogP contribution in [0.1, 0.15) is 80.7 Å². The van der Waals surface area contributed by atoms with E-state index in [9.17, 15) is 24.0 Å². The molecular weight excluding hydrogens is 759 g/mol. The summed E-state index contributed by atoms with van der Waals surface area (Å²) in [5.74, 6) is 0.944. The van der Waals surface area contributed by atoms with Crippen LogP contribution in [-0.2, 0) is 35.9 Å². The van der Waals surface area contributed by atoms with Gasteiger partial charge >= 0.3 is 0 Å². The molecule has 7 heterocycles. The summed E-state index contributed by atoms with van der Waals surface area (Å²) >= 11 is 0. The first-order valence-electron chi connectivity index (χ1n) is 21.8. The van der Waals surface area contributed by atoms with Gasteiger partial charge in [-0.2, -0.15) is 0 Å². The highest BCUT2D eigenvalue weighted by Gasteiger charge is 2.71. The van der Waals surface area contributed by atoms with Gasteiger partial charge in [-0.15, -0.1) is 0 Å². The zero-order chi connectivity index (χ0) is 41.9. The molecule has 13 heteroatoms. The Morgan fingerprint density at radius 2 is 1.88 bits per heavy atom. The molecule has 13 nitrogen and oxygen atoms in total. The second kappa shape index (κ2) is 15.7. The number of hydrogen-bond acceptors (Lipinski definition) is 9. The third-order valence-electron chi connectivity index (χ3n) is 15.2. The fourth-order valence-corrected chi connectivity index (χ4v) is 12.9. The lowest BCUT2D eigenvalue weighted by molar-refractivity contribution is -0.137. The molecule has 1 aromatic heterocycles. The summed E-state index contributed by atoms with van der Waals surface area (Å²) in [5.41, 5.74) is 12.6. The number of rotatable bonds is 10. The molecule has 7 aliphatic rings. The van der Waals surface area contributed by atoms with Crippen molar-refractivity contribution in [3.63, 3.8) is 0 Å². The number of piperidine rings is 1. The maximum atomic E-state index is 14.0. The van der Waals surface area contributed by atoms with Crippen LogP contribution >= 0.6 is 0 Å². The van der Waals surface area contributed by atoms with Crippen LogP contribution in [0.2, 0.25) is 0 Å². The standard InChI is InChI=1S/C40H50N6O3.C7H7NO3/c1-5-24-16-25-21-44(20-24)22-29-26-10-7-8-11-31(26)42-35(29)34(25)27-17-30-32(18-33(27)49-4)46(23-47)36-28(37(48)43-41-3)19-39(6-2)12-9-14-45-15-13-40(30,36)38(39)45;9-5-1-4-8-6(10)2-3-7(8)11/h7-12,17-18,23-25,28,34,36,38,41-42H,5-6,13-16,19-22H2,1-4H3,(H,43,48);2-3,5H,1,4H2/t24?,25?,28?,34?,36?,38?,39?,40-;/m0./s1. The van der Waals surface area contributed by atoms with Crippen molar-refractivity contribution in [3.05, 3.63) is 83.1 Å². The van der Waals surface area contributed by atoms with Crippen molar-refractivity contribution in [3.8, 4) is 5.75 Å². The number of methoxy groups -OCH3 is 1. The quantitative estimate of drug-likeness (QED) is 0.116. The van der Waals surface area contributed by atoms with Gasteiger partial charge in [0.2, 0.25) is 12.3 Å². The first-order valence-corrected chi connectivity index (χ1v) is 21.8. The summed E-state index contributed by atoms with van der Waals surface area (Å²) in [6, 6.07) is 13.3. The van der Waals surface area contributed by atoms with Gasteiger partial charge in [-0.1, -0.05) is 50.6 Å². The van der Waals surface area contributed by atoms with Crippen molar-refractivity contribution in [1.29, 1.82) is 0 Å². The molecule has 8 unspecified atom stereocenters. The van der Waals surface area contributed by atoms with Gasteiger partial charge in [0.1, 0.15) is 12.0 Å². The predicted molar refractivity (Wildman–Crippen MR) is 228 cm³/mol. The number of carbonyl (C=O) groups excluding carboxylic acids is 5. The minimum atomic E-state index is -0.384. The monoisotopic (exact) mass is 815 g/mol. The van der Waals surface area contributed by atoms with E-state index in [0.717, 1.165) is 68.3 Å². The minimum absolute atomic E-state index is 0.0400. The van der Waals surface area contributed by atoms with Crippen molar-refractivity contribution in [2.45, 2.75) is 82.3 Å². The van der Waals surface area contributed by atoms with Gasteiger partial charge in [-0.25, -0.2) is 5.43 Å². The highest BCUT2D eigenvalue weighted by Crippen LogP contribution is 2.66. The molecule has 316 valence electrons. The van der Waals surface area contributed by atoms with Crippen molar-refractivity contribution >= 4 is 47.0 Å². The highest BCUT2D eigenvalue weighted by atomic mass is 16.5. The molecule has 6 aliphatic heterocycles. The summed E-state index contributed by atoms with van der Waals surface area (Å²) in [4.78, 5) is 71.1. The number of aromatic amines is 1. The molecule has 10 rings (SSSR count). The third kappa shape index (κ3) is 6.09. The second-order valence-electron chi connectivity index (χ2n) is 17.9. The van der Waals surface area contributed by atoms with Crippen molar-refractivity contribution < 1.29 is 28.7 Å². The largest absolute Gasteiger partial charge is 0.496 e. The van der Waals surface area contributed by atoms with Crippen molar-refractivity contribution in [2.24, 2.45) is 23.2 Å². The van der Waals surface area contributed by atoms with E-state index in [1.165, 1.54) is 58.3 Å². The van der Waals surface area contributed by atoms with Crippen LogP contribution in [0, 0.1) is 23.2 Å². The molecule has 60 heavy (non-hydrogen) atoms. The number of hydrazine groups is 1. The molecule has 3 N–H and O–H groups in total. The van der Waals surface area contributed by atoms with Crippen LogP contribution in [0.15, 0.2) is 60.7 Å². The Balaban J connectivity index is 0.000000368. The summed E-state index contributed by atoms with van der Waals surface area (Å²) in [7, 11) is 3.52. The number of amides is 4. The number of ether oxygens (including phenoxy) is 1. The van der Waals surface area contributed by atoms with Gasteiger partial charge in [0.15, 0.2) is 0 Å². The Morgan fingerprint density at radius 1 is 1.08 bits per heavy atom. The Bertz CT molecular complexity index is 2270. The smallest absolute Gasteiger partial charge is 0.253 e. The maximum Gasteiger partial charge on any atom is 0.253 e. The Hall–Kier alpha value is -5.11. The van der Waals surface area contributed by atoms with E-state index in [4.69, 9.17) is 4.74 Å². The molecular formula is C47H57N7O6. The molecule has 3 fully saturated rings. The average molecular weight is 816 g/mol. The number of aldehydes is 1. The lowest BCUT2D eigenvalue weighted by Crippen LogP contribution is -2.68. The topological polar surface area (TPSA) is 147 Å². The van der Waals surface area contributed by atoms with E-state index in [1.807, 2.05) is 4.90 Å². The highest BCUT2D eigenvalue weighted by molar-refractivity contribution is 6.13. The first-order chi connectivity index (χ1) is 29.2. The number of para-hydroxylation sites is 1. The molecule has 4 amide bonds. The van der Waals surface area contributed by atoms with Gasteiger partial charge in [0.05, 0.1) is 24.8 Å². The molecule has 2 aromatic carbocycles. The number of hydrogen-bond donors (Lipinski definition) is 3. The molecule has 3 aromatic rings. The maximum absolute atomic E-state index is 14.0. The van der Waals surface area contributed by atoms with Crippen LogP contribution < -0.4 is 20.5 Å². The number of nitrogens with zero attached hydrogens (tertiary/aromatic N) is 4. The Kier molecular flexibility index (Phi) is 10.6. The first kappa shape index (κ1) is 40.3. The normalized spacial score (nSPS) is 32.1. The summed E-state index contributed by atoms with van der Waals surface area (Å²) < 4.78 is 6.35. The second-order valence-corrected chi connectivity index (χ2v) is 17.9. The van der Waals surface area contributed by atoms with Crippen LogP contribution in [0.3, 0.4) is 0 Å². The molecule has 2 saturated heterocycles. The van der Waals surface area contributed by atoms with E-state index in [-0.39, 0.29) is 65.4 Å². The summed E-state index contributed by atoms with van der Waals surface area (Å²) in [6.45, 7) is 9.81. The third-order valence-corrected chi connectivity index (χ3v) is 15.2.